The fourth-order valence-electron chi connectivity index (χ4n) is 8.75. The molecule has 1 saturated heterocycles. The number of imide groups is 1. The van der Waals surface area contributed by atoms with E-state index in [1.165, 1.54) is 15.4 Å². The number of nitrogens with zero attached hydrogens (tertiary/aromatic N) is 4. The number of amides is 2. The van der Waals surface area contributed by atoms with Gasteiger partial charge in [-0.05, 0) is 60.4 Å². The number of benzene rings is 5. The van der Waals surface area contributed by atoms with Crippen molar-refractivity contribution >= 4 is 17.5 Å². The number of allylic oxidation sites excluding steroid dienone is 2. The molecule has 6 aromatic rings. The van der Waals surface area contributed by atoms with E-state index in [1.54, 1.807) is 54.6 Å². The van der Waals surface area contributed by atoms with Gasteiger partial charge in [-0.25, -0.2) is 23.5 Å². The number of aryl methyl sites for hydroxylation is 1. The zero-order valence-corrected chi connectivity index (χ0v) is 29.9. The van der Waals surface area contributed by atoms with Gasteiger partial charge in [0.15, 0.2) is 0 Å². The molecule has 1 aromatic heterocycles. The van der Waals surface area contributed by atoms with Crippen LogP contribution in [0.2, 0.25) is 0 Å². The molecule has 11 heteroatoms. The first kappa shape index (κ1) is 33.9. The Labute approximate surface area is 315 Å². The maximum atomic E-state index is 15.4. The summed E-state index contributed by atoms with van der Waals surface area (Å²) in [4.78, 5) is 58.6. The Kier molecular flexibility index (Phi) is 8.14. The van der Waals surface area contributed by atoms with Gasteiger partial charge in [-0.15, -0.1) is 0 Å². The van der Waals surface area contributed by atoms with E-state index in [2.05, 4.69) is 5.43 Å². The van der Waals surface area contributed by atoms with Crippen LogP contribution in [0.4, 0.5) is 5.69 Å². The molecule has 3 aliphatic rings. The highest BCUT2D eigenvalue weighted by Crippen LogP contribution is 2.62. The molecule has 2 fully saturated rings. The normalized spacial score (nSPS) is 21.4. The number of hydrogen-bond donors (Lipinski definition) is 2. The Morgan fingerprint density at radius 1 is 0.800 bits per heavy atom. The number of ether oxygens (including phenoxy) is 1. The first-order chi connectivity index (χ1) is 26.8. The summed E-state index contributed by atoms with van der Waals surface area (Å²) in [6.45, 7) is 2.27. The Morgan fingerprint density at radius 3 is 2.16 bits per heavy atom. The molecular weight excluding hydrogens is 695 g/mol. The average Bonchev–Trinajstić information content (AvgIpc) is 3.59. The second kappa shape index (κ2) is 13.2. The van der Waals surface area contributed by atoms with Gasteiger partial charge >= 0.3 is 11.4 Å². The SMILES string of the molecule is Cc1ccc(NN2C(=O)[C@@H]3C[C@@H]4C(=CCn5c(=O)n(-c6ccccc6)c(=O)n54)[C@H](c4ccc(OCc5ccccc5)cc4O)[C@]3(c3ccccc3)C2=O)cc1. The van der Waals surface area contributed by atoms with Crippen molar-refractivity contribution in [1.29, 1.82) is 0 Å². The minimum absolute atomic E-state index is 0.0400. The molecule has 2 N–H and O–H groups in total. The fraction of sp³-hybridized carbons (Fsp3) is 0.182. The Morgan fingerprint density at radius 2 is 1.47 bits per heavy atom. The van der Waals surface area contributed by atoms with E-state index in [0.29, 0.717) is 33.8 Å². The number of hydrazine groups is 1. The van der Waals surface area contributed by atoms with E-state index in [9.17, 15) is 19.5 Å². The van der Waals surface area contributed by atoms with Crippen LogP contribution in [-0.4, -0.2) is 35.9 Å². The van der Waals surface area contributed by atoms with E-state index in [1.807, 2.05) is 85.8 Å². The Hall–Kier alpha value is -6.88. The number of anilines is 1. The zero-order chi connectivity index (χ0) is 37.8. The van der Waals surface area contributed by atoms with Crippen molar-refractivity contribution in [2.45, 2.75) is 43.9 Å². The van der Waals surface area contributed by atoms with Crippen molar-refractivity contribution in [3.8, 4) is 17.2 Å². The molecule has 274 valence electrons. The standard InChI is InChI=1S/C44H37N5O6/c1-28-17-19-31(20-18-28)45-48-40(51)36-26-37-34(23-24-46-42(53)47(43(54)49(37)46)32-15-9-4-10-16-32)39(44(36,41(48)52)30-13-7-3-8-14-30)35-22-21-33(25-38(35)50)55-27-29-11-5-2-6-12-29/h2-23,25,36-37,39,45,50H,24,26-27H2,1H3/t36-,37+,39+,44+/m0/s1. The molecule has 55 heavy (non-hydrogen) atoms. The summed E-state index contributed by atoms with van der Waals surface area (Å²) in [5.74, 6) is -2.61. The van der Waals surface area contributed by atoms with Crippen LogP contribution in [-0.2, 0) is 28.2 Å². The molecule has 1 aliphatic carbocycles. The van der Waals surface area contributed by atoms with Crippen molar-refractivity contribution in [2.75, 3.05) is 5.43 Å². The highest BCUT2D eigenvalue weighted by Gasteiger charge is 2.69. The summed E-state index contributed by atoms with van der Waals surface area (Å²) < 4.78 is 10.0. The molecule has 0 spiro atoms. The Bertz CT molecular complexity index is 2600. The average molecular weight is 732 g/mol. The van der Waals surface area contributed by atoms with Crippen LogP contribution in [0.25, 0.3) is 5.69 Å². The van der Waals surface area contributed by atoms with Crippen LogP contribution >= 0.6 is 0 Å². The van der Waals surface area contributed by atoms with E-state index < -0.39 is 46.5 Å². The molecule has 0 unspecified atom stereocenters. The molecule has 2 aliphatic heterocycles. The number of phenolic OH excluding ortho intramolecular Hbond substituents is 1. The van der Waals surface area contributed by atoms with Crippen LogP contribution in [0.5, 0.6) is 11.5 Å². The van der Waals surface area contributed by atoms with E-state index in [0.717, 1.165) is 20.7 Å². The Balaban J connectivity index is 1.23. The third-order valence-electron chi connectivity index (χ3n) is 11.2. The lowest BCUT2D eigenvalue weighted by Gasteiger charge is -2.49. The predicted octanol–water partition coefficient (Wildman–Crippen LogP) is 6.01. The van der Waals surface area contributed by atoms with Gasteiger partial charge in [0.2, 0.25) is 0 Å². The van der Waals surface area contributed by atoms with Crippen LogP contribution in [0.15, 0.2) is 155 Å². The summed E-state index contributed by atoms with van der Waals surface area (Å²) in [6, 6.07) is 39.1. The van der Waals surface area contributed by atoms with Crippen molar-refractivity contribution in [1.82, 2.24) is 18.9 Å². The highest BCUT2D eigenvalue weighted by atomic mass is 16.5. The van der Waals surface area contributed by atoms with E-state index >= 15 is 4.79 Å². The number of aromatic hydroxyl groups is 1. The smallest absolute Gasteiger partial charge is 0.352 e. The summed E-state index contributed by atoms with van der Waals surface area (Å²) in [6.07, 6.45) is 1.92. The number of para-hydroxylation sites is 1. The summed E-state index contributed by atoms with van der Waals surface area (Å²) >= 11 is 0. The molecule has 9 rings (SSSR count). The molecule has 1 saturated carbocycles. The van der Waals surface area contributed by atoms with Gasteiger partial charge in [-0.1, -0.05) is 109 Å². The third kappa shape index (κ3) is 5.33. The number of rotatable bonds is 8. The van der Waals surface area contributed by atoms with E-state index in [4.69, 9.17) is 4.74 Å². The third-order valence-corrected chi connectivity index (χ3v) is 11.2. The van der Waals surface area contributed by atoms with Gasteiger partial charge in [0, 0.05) is 17.5 Å². The van der Waals surface area contributed by atoms with Gasteiger partial charge in [-0.3, -0.25) is 15.0 Å². The maximum Gasteiger partial charge on any atom is 0.352 e. The van der Waals surface area contributed by atoms with Crippen molar-refractivity contribution in [3.63, 3.8) is 0 Å². The molecule has 2 amide bonds. The van der Waals surface area contributed by atoms with Crippen molar-refractivity contribution in [3.05, 3.63) is 188 Å². The predicted molar refractivity (Wildman–Crippen MR) is 206 cm³/mol. The summed E-state index contributed by atoms with van der Waals surface area (Å²) in [7, 11) is 0. The topological polar surface area (TPSA) is 128 Å². The van der Waals surface area contributed by atoms with Crippen molar-refractivity contribution < 1.29 is 19.4 Å². The maximum absolute atomic E-state index is 15.4. The lowest BCUT2D eigenvalue weighted by molar-refractivity contribution is -0.138. The minimum atomic E-state index is -1.55. The first-order valence-electron chi connectivity index (χ1n) is 18.2. The largest absolute Gasteiger partial charge is 0.508 e. The van der Waals surface area contributed by atoms with Crippen LogP contribution in [0, 0.1) is 12.8 Å². The molecule has 0 radical (unpaired) electrons. The number of fused-ring (bicyclic) bond motifs is 4. The highest BCUT2D eigenvalue weighted by molar-refractivity contribution is 6.12. The van der Waals surface area contributed by atoms with Gasteiger partial charge in [0.05, 0.1) is 35.3 Å². The fourth-order valence-corrected chi connectivity index (χ4v) is 8.75. The number of hydrogen-bond acceptors (Lipinski definition) is 7. The lowest BCUT2D eigenvalue weighted by Crippen LogP contribution is -2.53. The summed E-state index contributed by atoms with van der Waals surface area (Å²) in [5.41, 5.74) is 5.06. The summed E-state index contributed by atoms with van der Waals surface area (Å²) in [5, 5.41) is 13.1. The monoisotopic (exact) mass is 731 g/mol. The minimum Gasteiger partial charge on any atom is -0.508 e. The van der Waals surface area contributed by atoms with Gasteiger partial charge in [0.25, 0.3) is 11.8 Å². The van der Waals surface area contributed by atoms with Crippen molar-refractivity contribution in [2.24, 2.45) is 5.92 Å². The van der Waals surface area contributed by atoms with Crippen LogP contribution < -0.4 is 21.5 Å². The van der Waals surface area contributed by atoms with Gasteiger partial charge in [0.1, 0.15) is 18.1 Å². The number of aromatic nitrogens is 3. The number of carbonyl (C=O) groups excluding carboxylic acids is 2. The number of phenols is 1. The second-order valence-electron chi connectivity index (χ2n) is 14.3. The second-order valence-corrected chi connectivity index (χ2v) is 14.3. The molecular formula is C44H37N5O6. The van der Waals surface area contributed by atoms with Crippen LogP contribution in [0.1, 0.15) is 40.6 Å². The molecule has 4 atom stereocenters. The molecule has 3 heterocycles. The number of nitrogens with one attached hydrogen (secondary N) is 1. The molecule has 5 aromatic carbocycles. The zero-order valence-electron chi connectivity index (χ0n) is 29.9. The number of carbonyl (C=O) groups is 2. The van der Waals surface area contributed by atoms with Crippen LogP contribution in [0.3, 0.4) is 0 Å². The molecule has 11 nitrogen and oxygen atoms in total. The van der Waals surface area contributed by atoms with E-state index in [-0.39, 0.29) is 25.3 Å². The van der Waals surface area contributed by atoms with Gasteiger partial charge < -0.3 is 9.84 Å². The van der Waals surface area contributed by atoms with Gasteiger partial charge in [-0.2, -0.15) is 5.01 Å². The quantitative estimate of drug-likeness (QED) is 0.145. The first-order valence-corrected chi connectivity index (χ1v) is 18.2. The molecule has 0 bridgehead atoms. The lowest BCUT2D eigenvalue weighted by atomic mass is 9.53.